The summed E-state index contributed by atoms with van der Waals surface area (Å²) >= 11 is 1.67. The molecule has 4 nitrogen and oxygen atoms in total. The number of furan rings is 1. The third-order valence-corrected chi connectivity index (χ3v) is 4.44. The number of hydrogen-bond donors (Lipinski definition) is 1. The summed E-state index contributed by atoms with van der Waals surface area (Å²) < 4.78 is 7.76. The Balaban J connectivity index is 1.77. The topological polar surface area (TPSA) is 42.5 Å². The fraction of sp³-hybridized carbons (Fsp3) is 0.400. The normalized spacial score (nSPS) is 13.2. The Hall–Kier alpha value is -1.59. The van der Waals surface area contributed by atoms with Gasteiger partial charge in [0.25, 0.3) is 0 Å². The molecule has 0 radical (unpaired) electrons. The Morgan fingerprint density at radius 3 is 2.90 bits per heavy atom. The maximum atomic E-state index is 5.60. The van der Waals surface area contributed by atoms with Gasteiger partial charge in [-0.3, -0.25) is 4.40 Å². The van der Waals surface area contributed by atoms with E-state index in [2.05, 4.69) is 46.2 Å². The molecular weight excluding hydrogens is 270 g/mol. The van der Waals surface area contributed by atoms with Crippen molar-refractivity contribution in [1.82, 2.24) is 14.7 Å². The second kappa shape index (κ2) is 5.07. The van der Waals surface area contributed by atoms with Crippen LogP contribution in [0.2, 0.25) is 0 Å². The fourth-order valence-corrected chi connectivity index (χ4v) is 3.37. The fourth-order valence-electron chi connectivity index (χ4n) is 2.59. The lowest BCUT2D eigenvalue weighted by Crippen LogP contribution is -2.19. The van der Waals surface area contributed by atoms with Gasteiger partial charge in [-0.1, -0.05) is 0 Å². The van der Waals surface area contributed by atoms with E-state index in [1.54, 1.807) is 11.3 Å². The monoisotopic (exact) mass is 289 g/mol. The summed E-state index contributed by atoms with van der Waals surface area (Å²) in [6.45, 7) is 9.03. The van der Waals surface area contributed by atoms with E-state index in [0.717, 1.165) is 28.7 Å². The molecule has 20 heavy (non-hydrogen) atoms. The molecule has 1 N–H and O–H groups in total. The molecule has 0 amide bonds. The van der Waals surface area contributed by atoms with E-state index in [4.69, 9.17) is 4.42 Å². The van der Waals surface area contributed by atoms with Crippen LogP contribution in [0.15, 0.2) is 22.1 Å². The maximum Gasteiger partial charge on any atom is 0.194 e. The first-order valence-electron chi connectivity index (χ1n) is 6.77. The molecular formula is C15H19N3OS. The van der Waals surface area contributed by atoms with Gasteiger partial charge in [-0.05, 0) is 33.8 Å². The van der Waals surface area contributed by atoms with Crippen molar-refractivity contribution in [3.05, 3.63) is 46.1 Å². The Bertz CT molecular complexity index is 738. The molecule has 106 valence electrons. The van der Waals surface area contributed by atoms with E-state index >= 15 is 0 Å². The van der Waals surface area contributed by atoms with Crippen LogP contribution >= 0.6 is 11.3 Å². The second-order valence-electron chi connectivity index (χ2n) is 5.17. The quantitative estimate of drug-likeness (QED) is 0.795. The molecule has 0 saturated heterocycles. The average Bonchev–Trinajstić information content (AvgIpc) is 3.02. The minimum atomic E-state index is 0.260. The number of imidazole rings is 1. The smallest absolute Gasteiger partial charge is 0.194 e. The summed E-state index contributed by atoms with van der Waals surface area (Å²) in [4.78, 5) is 5.63. The minimum Gasteiger partial charge on any atom is -0.466 e. The van der Waals surface area contributed by atoms with Gasteiger partial charge < -0.3 is 9.73 Å². The van der Waals surface area contributed by atoms with Crippen LogP contribution in [0.3, 0.4) is 0 Å². The molecule has 3 aromatic heterocycles. The zero-order valence-corrected chi connectivity index (χ0v) is 13.0. The predicted octanol–water partition coefficient (Wildman–Crippen LogP) is 3.76. The maximum absolute atomic E-state index is 5.60. The van der Waals surface area contributed by atoms with Gasteiger partial charge in [0.1, 0.15) is 11.5 Å². The number of nitrogens with one attached hydrogen (secondary N) is 1. The van der Waals surface area contributed by atoms with Crippen LogP contribution in [-0.2, 0) is 6.54 Å². The molecule has 0 saturated carbocycles. The summed E-state index contributed by atoms with van der Waals surface area (Å²) in [5.41, 5.74) is 3.55. The lowest BCUT2D eigenvalue weighted by molar-refractivity contribution is 0.488. The molecule has 1 unspecified atom stereocenters. The number of aromatic nitrogens is 2. The SMILES string of the molecule is Cc1cc(C(C)NCc2c(C)nc3sccn23)c(C)o1. The standard InChI is InChI=1S/C15H19N3OS/c1-9-7-13(12(4)19-9)10(2)16-8-14-11(3)17-15-18(14)5-6-20-15/h5-7,10,16H,8H2,1-4H3. The van der Waals surface area contributed by atoms with Crippen LogP contribution in [0.25, 0.3) is 4.96 Å². The van der Waals surface area contributed by atoms with Crippen LogP contribution in [0.5, 0.6) is 0 Å². The minimum absolute atomic E-state index is 0.260. The summed E-state index contributed by atoms with van der Waals surface area (Å²) in [6.07, 6.45) is 2.08. The molecule has 0 aliphatic heterocycles. The van der Waals surface area contributed by atoms with Crippen molar-refractivity contribution in [2.75, 3.05) is 0 Å². The van der Waals surface area contributed by atoms with E-state index < -0.39 is 0 Å². The summed E-state index contributed by atoms with van der Waals surface area (Å²) in [5, 5.41) is 5.63. The molecule has 0 aliphatic rings. The first-order chi connectivity index (χ1) is 9.56. The van der Waals surface area contributed by atoms with Crippen LogP contribution in [0, 0.1) is 20.8 Å². The second-order valence-corrected chi connectivity index (χ2v) is 6.04. The zero-order valence-electron chi connectivity index (χ0n) is 12.2. The molecule has 3 heterocycles. The number of hydrogen-bond acceptors (Lipinski definition) is 4. The van der Waals surface area contributed by atoms with Gasteiger partial charge in [-0.15, -0.1) is 11.3 Å². The highest BCUT2D eigenvalue weighted by Gasteiger charge is 2.14. The van der Waals surface area contributed by atoms with Crippen molar-refractivity contribution < 1.29 is 4.42 Å². The Morgan fingerprint density at radius 1 is 1.40 bits per heavy atom. The van der Waals surface area contributed by atoms with Gasteiger partial charge in [0, 0.05) is 29.7 Å². The van der Waals surface area contributed by atoms with Gasteiger partial charge in [0.15, 0.2) is 4.96 Å². The Labute approximate surface area is 122 Å². The first-order valence-corrected chi connectivity index (χ1v) is 7.65. The van der Waals surface area contributed by atoms with Crippen LogP contribution in [-0.4, -0.2) is 9.38 Å². The molecule has 0 bridgehead atoms. The molecule has 0 aromatic carbocycles. The molecule has 1 atom stereocenters. The molecule has 0 spiro atoms. The number of thiazole rings is 1. The van der Waals surface area contributed by atoms with E-state index in [1.807, 2.05) is 13.8 Å². The van der Waals surface area contributed by atoms with Gasteiger partial charge in [0.05, 0.1) is 11.4 Å². The van der Waals surface area contributed by atoms with Crippen molar-refractivity contribution in [3.63, 3.8) is 0 Å². The van der Waals surface area contributed by atoms with Crippen LogP contribution in [0.4, 0.5) is 0 Å². The van der Waals surface area contributed by atoms with Crippen LogP contribution < -0.4 is 5.32 Å². The van der Waals surface area contributed by atoms with E-state index in [-0.39, 0.29) is 6.04 Å². The van der Waals surface area contributed by atoms with E-state index in [0.29, 0.717) is 0 Å². The van der Waals surface area contributed by atoms with Crippen molar-refractivity contribution >= 4 is 16.3 Å². The highest BCUT2D eigenvalue weighted by Crippen LogP contribution is 2.22. The molecule has 5 heteroatoms. The number of rotatable bonds is 4. The molecule has 0 aliphatic carbocycles. The summed E-state index contributed by atoms with van der Waals surface area (Å²) in [7, 11) is 0. The molecule has 0 fully saturated rings. The predicted molar refractivity (Wildman–Crippen MR) is 81.2 cm³/mol. The van der Waals surface area contributed by atoms with Crippen molar-refractivity contribution in [2.24, 2.45) is 0 Å². The van der Waals surface area contributed by atoms with E-state index in [1.165, 1.54) is 11.3 Å². The van der Waals surface area contributed by atoms with Crippen molar-refractivity contribution in [3.8, 4) is 0 Å². The zero-order chi connectivity index (χ0) is 14.3. The number of fused-ring (bicyclic) bond motifs is 1. The van der Waals surface area contributed by atoms with Gasteiger partial charge in [0.2, 0.25) is 0 Å². The van der Waals surface area contributed by atoms with Gasteiger partial charge in [-0.25, -0.2) is 4.98 Å². The largest absolute Gasteiger partial charge is 0.466 e. The third-order valence-electron chi connectivity index (χ3n) is 3.68. The highest BCUT2D eigenvalue weighted by atomic mass is 32.1. The van der Waals surface area contributed by atoms with Gasteiger partial charge in [-0.2, -0.15) is 0 Å². The summed E-state index contributed by atoms with van der Waals surface area (Å²) in [5.74, 6) is 1.96. The molecule has 3 rings (SSSR count). The van der Waals surface area contributed by atoms with Crippen LogP contribution in [0.1, 0.15) is 41.4 Å². The number of nitrogens with zero attached hydrogens (tertiary/aromatic N) is 2. The van der Waals surface area contributed by atoms with Gasteiger partial charge >= 0.3 is 0 Å². The summed E-state index contributed by atoms with van der Waals surface area (Å²) in [6, 6.07) is 2.37. The third kappa shape index (κ3) is 2.27. The average molecular weight is 289 g/mol. The lowest BCUT2D eigenvalue weighted by atomic mass is 10.1. The Kier molecular flexibility index (Phi) is 3.40. The highest BCUT2D eigenvalue weighted by molar-refractivity contribution is 7.15. The molecule has 3 aromatic rings. The first kappa shape index (κ1) is 13.4. The lowest BCUT2D eigenvalue weighted by Gasteiger charge is -2.13. The van der Waals surface area contributed by atoms with E-state index in [9.17, 15) is 0 Å². The Morgan fingerprint density at radius 2 is 2.20 bits per heavy atom. The number of aryl methyl sites for hydroxylation is 3. The van der Waals surface area contributed by atoms with Crippen molar-refractivity contribution in [2.45, 2.75) is 40.3 Å². The van der Waals surface area contributed by atoms with Crippen molar-refractivity contribution in [1.29, 1.82) is 0 Å².